The van der Waals surface area contributed by atoms with Crippen molar-refractivity contribution in [2.75, 3.05) is 5.73 Å². The molecule has 0 radical (unpaired) electrons. The smallest absolute Gasteiger partial charge is 0.337 e. The molecule has 2 rings (SSSR count). The Hall–Kier alpha value is -1.95. The maximum atomic E-state index is 10.7. The molecule has 0 atom stereocenters. The molecule has 2 aromatic rings. The Balaban J connectivity index is 2.45. The van der Waals surface area contributed by atoms with Gasteiger partial charge in [0.1, 0.15) is 0 Å². The van der Waals surface area contributed by atoms with Gasteiger partial charge in [0.2, 0.25) is 0 Å². The number of pyridine rings is 1. The molecule has 6 heteroatoms. The number of aromatic carboxylic acids is 1. The van der Waals surface area contributed by atoms with Gasteiger partial charge in [-0.2, -0.15) is 0 Å². The molecule has 0 unspecified atom stereocenters. The van der Waals surface area contributed by atoms with Crippen molar-refractivity contribution in [1.82, 2.24) is 9.97 Å². The molecule has 0 aliphatic heterocycles. The first-order chi connectivity index (χ1) is 7.16. The highest BCUT2D eigenvalue weighted by Gasteiger charge is 2.07. The van der Waals surface area contributed by atoms with Gasteiger partial charge in [-0.05, 0) is 6.07 Å². The minimum absolute atomic E-state index is 0.152. The quantitative estimate of drug-likeness (QED) is 0.801. The van der Waals surface area contributed by atoms with E-state index in [-0.39, 0.29) is 5.56 Å². The Bertz CT molecular complexity index is 510. The van der Waals surface area contributed by atoms with Crippen molar-refractivity contribution < 1.29 is 9.90 Å². The normalized spacial score (nSPS) is 10.1. The van der Waals surface area contributed by atoms with Crippen molar-refractivity contribution in [3.05, 3.63) is 30.2 Å². The fraction of sp³-hybridized carbons (Fsp3) is 0. The molecule has 76 valence electrons. The Morgan fingerprint density at radius 3 is 2.80 bits per heavy atom. The van der Waals surface area contributed by atoms with Crippen LogP contribution in [0.5, 0.6) is 0 Å². The molecule has 0 saturated heterocycles. The van der Waals surface area contributed by atoms with Gasteiger partial charge in [-0.3, -0.25) is 4.98 Å². The topological polar surface area (TPSA) is 89.1 Å². The SMILES string of the molecule is Nc1ncc(-c2cncc(C(=O)O)c2)s1. The molecular weight excluding hydrogens is 214 g/mol. The highest BCUT2D eigenvalue weighted by molar-refractivity contribution is 7.18. The van der Waals surface area contributed by atoms with E-state index in [1.807, 2.05) is 0 Å². The third-order valence-corrected chi connectivity index (χ3v) is 2.67. The first kappa shape index (κ1) is 9.60. The van der Waals surface area contributed by atoms with E-state index >= 15 is 0 Å². The van der Waals surface area contributed by atoms with Gasteiger partial charge in [0, 0.05) is 24.2 Å². The van der Waals surface area contributed by atoms with Crippen molar-refractivity contribution in [1.29, 1.82) is 0 Å². The summed E-state index contributed by atoms with van der Waals surface area (Å²) in [5.74, 6) is -0.998. The van der Waals surface area contributed by atoms with E-state index in [9.17, 15) is 4.79 Å². The number of nitrogens with two attached hydrogens (primary N) is 1. The van der Waals surface area contributed by atoms with E-state index < -0.39 is 5.97 Å². The molecule has 0 aliphatic rings. The summed E-state index contributed by atoms with van der Waals surface area (Å²) in [7, 11) is 0. The van der Waals surface area contributed by atoms with Gasteiger partial charge < -0.3 is 10.8 Å². The van der Waals surface area contributed by atoms with Gasteiger partial charge in [-0.1, -0.05) is 11.3 Å². The predicted octanol–water partition coefficient (Wildman–Crippen LogP) is 1.49. The second-order valence-corrected chi connectivity index (χ2v) is 3.89. The number of carboxylic acids is 1. The maximum Gasteiger partial charge on any atom is 0.337 e. The highest BCUT2D eigenvalue weighted by Crippen LogP contribution is 2.26. The van der Waals surface area contributed by atoms with Crippen molar-refractivity contribution in [2.45, 2.75) is 0 Å². The summed E-state index contributed by atoms with van der Waals surface area (Å²) in [5, 5.41) is 9.23. The zero-order valence-corrected chi connectivity index (χ0v) is 8.36. The van der Waals surface area contributed by atoms with Crippen LogP contribution < -0.4 is 5.73 Å². The minimum Gasteiger partial charge on any atom is -0.478 e. The molecule has 2 aromatic heterocycles. The predicted molar refractivity (Wildman–Crippen MR) is 56.7 cm³/mol. The van der Waals surface area contributed by atoms with E-state index in [0.29, 0.717) is 10.7 Å². The van der Waals surface area contributed by atoms with Crippen LogP contribution in [0.3, 0.4) is 0 Å². The summed E-state index contributed by atoms with van der Waals surface area (Å²) in [6, 6.07) is 1.54. The van der Waals surface area contributed by atoms with Crippen molar-refractivity contribution in [2.24, 2.45) is 0 Å². The zero-order chi connectivity index (χ0) is 10.8. The fourth-order valence-electron chi connectivity index (χ4n) is 1.11. The van der Waals surface area contributed by atoms with Gasteiger partial charge in [0.25, 0.3) is 0 Å². The summed E-state index contributed by atoms with van der Waals surface area (Å²) in [6.07, 6.45) is 4.48. The van der Waals surface area contributed by atoms with Crippen LogP contribution in [-0.2, 0) is 0 Å². The van der Waals surface area contributed by atoms with Crippen LogP contribution >= 0.6 is 11.3 Å². The Kier molecular flexibility index (Phi) is 2.34. The number of rotatable bonds is 2. The maximum absolute atomic E-state index is 10.7. The van der Waals surface area contributed by atoms with E-state index in [0.717, 1.165) is 4.88 Å². The van der Waals surface area contributed by atoms with Gasteiger partial charge in [0.05, 0.1) is 10.4 Å². The van der Waals surface area contributed by atoms with Gasteiger partial charge in [-0.15, -0.1) is 0 Å². The molecule has 0 spiro atoms. The first-order valence-corrected chi connectivity index (χ1v) is 4.88. The number of anilines is 1. The third-order valence-electron chi connectivity index (χ3n) is 1.79. The molecule has 3 N–H and O–H groups in total. The lowest BCUT2D eigenvalue weighted by molar-refractivity contribution is 0.0696. The lowest BCUT2D eigenvalue weighted by Crippen LogP contribution is -1.96. The van der Waals surface area contributed by atoms with Crippen LogP contribution in [0.4, 0.5) is 5.13 Å². The number of nitrogens with zero attached hydrogens (tertiary/aromatic N) is 2. The second-order valence-electron chi connectivity index (χ2n) is 2.83. The van der Waals surface area contributed by atoms with Crippen LogP contribution in [0.2, 0.25) is 0 Å². The number of hydrogen-bond acceptors (Lipinski definition) is 5. The Morgan fingerprint density at radius 1 is 1.40 bits per heavy atom. The molecule has 0 amide bonds. The second kappa shape index (κ2) is 3.66. The molecule has 2 heterocycles. The van der Waals surface area contributed by atoms with Crippen LogP contribution in [0.1, 0.15) is 10.4 Å². The van der Waals surface area contributed by atoms with E-state index in [1.54, 1.807) is 18.5 Å². The van der Waals surface area contributed by atoms with Crippen molar-refractivity contribution in [3.63, 3.8) is 0 Å². The molecule has 5 nitrogen and oxygen atoms in total. The summed E-state index contributed by atoms with van der Waals surface area (Å²) in [6.45, 7) is 0. The minimum atomic E-state index is -0.998. The molecule has 0 fully saturated rings. The van der Waals surface area contributed by atoms with E-state index in [4.69, 9.17) is 10.8 Å². The lowest BCUT2D eigenvalue weighted by atomic mass is 10.2. The zero-order valence-electron chi connectivity index (χ0n) is 7.54. The summed E-state index contributed by atoms with van der Waals surface area (Å²) < 4.78 is 0. The van der Waals surface area contributed by atoms with Crippen LogP contribution in [-0.4, -0.2) is 21.0 Å². The standard InChI is InChI=1S/C9H7N3O2S/c10-9-12-4-7(15-9)5-1-6(8(13)14)3-11-2-5/h1-4H,(H2,10,12)(H,13,14). The highest BCUT2D eigenvalue weighted by atomic mass is 32.1. The number of nitrogen functional groups attached to an aromatic ring is 1. The largest absolute Gasteiger partial charge is 0.478 e. The average molecular weight is 221 g/mol. The summed E-state index contributed by atoms with van der Waals surface area (Å²) in [5.41, 5.74) is 6.35. The monoisotopic (exact) mass is 221 g/mol. The molecule has 0 aliphatic carbocycles. The van der Waals surface area contributed by atoms with Crippen molar-refractivity contribution >= 4 is 22.4 Å². The fourth-order valence-corrected chi connectivity index (χ4v) is 1.78. The lowest BCUT2D eigenvalue weighted by Gasteiger charge is -1.97. The van der Waals surface area contributed by atoms with E-state index in [2.05, 4.69) is 9.97 Å². The Morgan fingerprint density at radius 2 is 2.20 bits per heavy atom. The first-order valence-electron chi connectivity index (χ1n) is 4.07. The van der Waals surface area contributed by atoms with Gasteiger partial charge >= 0.3 is 5.97 Å². The number of thiazole rings is 1. The van der Waals surface area contributed by atoms with Crippen molar-refractivity contribution in [3.8, 4) is 10.4 Å². The van der Waals surface area contributed by atoms with Crippen LogP contribution in [0.15, 0.2) is 24.7 Å². The van der Waals surface area contributed by atoms with Crippen LogP contribution in [0, 0.1) is 0 Å². The van der Waals surface area contributed by atoms with Gasteiger partial charge in [0.15, 0.2) is 5.13 Å². The molecule has 0 bridgehead atoms. The number of carbonyl (C=O) groups is 1. The average Bonchev–Trinajstić information content (AvgIpc) is 2.65. The molecule has 15 heavy (non-hydrogen) atoms. The number of hydrogen-bond donors (Lipinski definition) is 2. The number of aromatic nitrogens is 2. The van der Waals surface area contributed by atoms with Crippen LogP contribution in [0.25, 0.3) is 10.4 Å². The molecule has 0 aromatic carbocycles. The van der Waals surface area contributed by atoms with Gasteiger partial charge in [-0.25, -0.2) is 9.78 Å². The molecular formula is C9H7N3O2S. The summed E-state index contributed by atoms with van der Waals surface area (Å²) in [4.78, 5) is 19.3. The third kappa shape index (κ3) is 1.94. The molecule has 0 saturated carbocycles. The number of carboxylic acid groups (broad SMARTS) is 1. The van der Waals surface area contributed by atoms with E-state index in [1.165, 1.54) is 17.5 Å². The summed E-state index contributed by atoms with van der Waals surface area (Å²) >= 11 is 1.29. The Labute approximate surface area is 89.2 Å².